The summed E-state index contributed by atoms with van der Waals surface area (Å²) in [7, 11) is 0. The van der Waals surface area contributed by atoms with Gasteiger partial charge in [-0.3, -0.25) is 9.59 Å². The predicted molar refractivity (Wildman–Crippen MR) is 134 cm³/mol. The number of hydrogen-bond acceptors (Lipinski definition) is 3. The third kappa shape index (κ3) is 4.53. The van der Waals surface area contributed by atoms with Crippen molar-refractivity contribution < 1.29 is 9.59 Å². The minimum absolute atomic E-state index is 0.000513. The number of amides is 2. The normalized spacial score (nSPS) is 18.6. The van der Waals surface area contributed by atoms with Crippen molar-refractivity contribution in [1.82, 2.24) is 4.90 Å². The molecule has 33 heavy (non-hydrogen) atoms. The molecule has 4 nitrogen and oxygen atoms in total. The van der Waals surface area contributed by atoms with Gasteiger partial charge in [0, 0.05) is 40.2 Å². The van der Waals surface area contributed by atoms with Crippen LogP contribution in [0.3, 0.4) is 0 Å². The molecule has 0 N–H and O–H groups in total. The lowest BCUT2D eigenvalue weighted by atomic mass is 9.93. The smallest absolute Gasteiger partial charge is 0.253 e. The van der Waals surface area contributed by atoms with E-state index in [4.69, 9.17) is 11.6 Å². The first-order valence-electron chi connectivity index (χ1n) is 11.3. The first-order chi connectivity index (χ1) is 16.1. The molecule has 3 aromatic carbocycles. The quantitative estimate of drug-likeness (QED) is 0.460. The van der Waals surface area contributed by atoms with Gasteiger partial charge in [0.05, 0.1) is 11.7 Å². The van der Waals surface area contributed by atoms with Gasteiger partial charge in [-0.1, -0.05) is 54.1 Å². The molecular weight excluding hydrogens is 452 g/mol. The molecule has 2 amide bonds. The fourth-order valence-corrected chi connectivity index (χ4v) is 5.98. The number of para-hydroxylation sites is 1. The zero-order valence-electron chi connectivity index (χ0n) is 18.2. The van der Waals surface area contributed by atoms with Gasteiger partial charge in [0.25, 0.3) is 5.91 Å². The van der Waals surface area contributed by atoms with E-state index in [1.165, 1.54) is 0 Å². The van der Waals surface area contributed by atoms with Crippen molar-refractivity contribution in [3.63, 3.8) is 0 Å². The molecule has 2 aliphatic rings. The van der Waals surface area contributed by atoms with Crippen LogP contribution in [0.2, 0.25) is 5.02 Å². The summed E-state index contributed by atoms with van der Waals surface area (Å²) < 4.78 is 0. The van der Waals surface area contributed by atoms with E-state index in [-0.39, 0.29) is 23.8 Å². The Morgan fingerprint density at radius 1 is 0.848 bits per heavy atom. The van der Waals surface area contributed by atoms with Gasteiger partial charge >= 0.3 is 0 Å². The number of rotatable bonds is 3. The summed E-state index contributed by atoms with van der Waals surface area (Å²) in [6.07, 6.45) is 1.34. The number of likely N-dealkylation sites (tertiary alicyclic amines) is 1. The van der Waals surface area contributed by atoms with Crippen LogP contribution in [0.5, 0.6) is 0 Å². The van der Waals surface area contributed by atoms with Crippen molar-refractivity contribution in [3.05, 3.63) is 95.0 Å². The lowest BCUT2D eigenvalue weighted by molar-refractivity contribution is -0.124. The summed E-state index contributed by atoms with van der Waals surface area (Å²) in [5, 5.41) is 0.615. The Balaban J connectivity index is 1.34. The molecule has 0 bridgehead atoms. The van der Waals surface area contributed by atoms with E-state index in [0.717, 1.165) is 21.9 Å². The summed E-state index contributed by atoms with van der Waals surface area (Å²) >= 11 is 7.76. The van der Waals surface area contributed by atoms with Crippen molar-refractivity contribution >= 4 is 40.9 Å². The second kappa shape index (κ2) is 9.62. The molecule has 0 spiro atoms. The first kappa shape index (κ1) is 22.1. The number of hydrogen-bond donors (Lipinski definition) is 0. The molecule has 0 saturated carbocycles. The number of carbonyl (C=O) groups excluding carboxylic acids is 2. The number of anilines is 1. The second-order valence-corrected chi connectivity index (χ2v) is 9.99. The van der Waals surface area contributed by atoms with E-state index < -0.39 is 0 Å². The zero-order chi connectivity index (χ0) is 22.8. The van der Waals surface area contributed by atoms with E-state index in [2.05, 4.69) is 24.3 Å². The highest BCUT2D eigenvalue weighted by Crippen LogP contribution is 2.44. The van der Waals surface area contributed by atoms with E-state index in [0.29, 0.717) is 36.5 Å². The topological polar surface area (TPSA) is 40.6 Å². The maximum Gasteiger partial charge on any atom is 0.253 e. The van der Waals surface area contributed by atoms with Gasteiger partial charge in [-0.2, -0.15) is 0 Å². The van der Waals surface area contributed by atoms with Crippen LogP contribution in [0.15, 0.2) is 83.8 Å². The Bertz CT molecular complexity index is 1140. The Labute approximate surface area is 203 Å². The largest absolute Gasteiger partial charge is 0.339 e. The molecule has 0 unspecified atom stereocenters. The molecule has 168 valence electrons. The van der Waals surface area contributed by atoms with Crippen LogP contribution >= 0.6 is 23.4 Å². The SMILES string of the molecule is O=C(c1ccc(Cl)cc1)N1CCC(C(=O)N2c3ccccc3SC[C@H]2c2ccccc2)CC1. The fourth-order valence-electron chi connectivity index (χ4n) is 4.68. The fraction of sp³-hybridized carbons (Fsp3) is 0.259. The number of thioether (sulfide) groups is 1. The van der Waals surface area contributed by atoms with Gasteiger partial charge in [-0.05, 0) is 54.8 Å². The first-order valence-corrected chi connectivity index (χ1v) is 12.6. The van der Waals surface area contributed by atoms with E-state index >= 15 is 0 Å². The third-order valence-electron chi connectivity index (χ3n) is 6.48. The lowest BCUT2D eigenvalue weighted by Gasteiger charge is -2.40. The van der Waals surface area contributed by atoms with Crippen molar-refractivity contribution in [2.45, 2.75) is 23.8 Å². The number of benzene rings is 3. The zero-order valence-corrected chi connectivity index (χ0v) is 19.8. The highest BCUT2D eigenvalue weighted by atomic mass is 35.5. The van der Waals surface area contributed by atoms with Crippen molar-refractivity contribution in [2.24, 2.45) is 5.92 Å². The highest BCUT2D eigenvalue weighted by molar-refractivity contribution is 7.99. The second-order valence-electron chi connectivity index (χ2n) is 8.49. The standard InChI is InChI=1S/C27H25ClN2O2S/c28-22-12-10-20(11-13-22)26(31)29-16-14-21(15-17-29)27(32)30-23-8-4-5-9-25(23)33-18-24(30)19-6-2-1-3-7-19/h1-13,21,24H,14-18H2/t24-/m0/s1. The Morgan fingerprint density at radius 3 is 2.24 bits per heavy atom. The summed E-state index contributed by atoms with van der Waals surface area (Å²) in [5.41, 5.74) is 2.78. The average molecular weight is 477 g/mol. The van der Waals surface area contributed by atoms with Crippen LogP contribution in [0, 0.1) is 5.92 Å². The molecular formula is C27H25ClN2O2S. The van der Waals surface area contributed by atoms with Gasteiger partial charge in [0.2, 0.25) is 5.91 Å². The van der Waals surface area contributed by atoms with Crippen molar-refractivity contribution in [3.8, 4) is 0 Å². The molecule has 0 radical (unpaired) electrons. The summed E-state index contributed by atoms with van der Waals surface area (Å²) in [4.78, 5) is 31.8. The molecule has 5 rings (SSSR count). The number of halogens is 1. The van der Waals surface area contributed by atoms with Gasteiger partial charge in [0.15, 0.2) is 0 Å². The molecule has 1 atom stereocenters. The number of fused-ring (bicyclic) bond motifs is 1. The van der Waals surface area contributed by atoms with Gasteiger partial charge < -0.3 is 9.80 Å². The van der Waals surface area contributed by atoms with Crippen LogP contribution in [-0.4, -0.2) is 35.6 Å². The summed E-state index contributed by atoms with van der Waals surface area (Å²) in [6, 6.07) is 25.4. The summed E-state index contributed by atoms with van der Waals surface area (Å²) in [6.45, 7) is 1.16. The highest BCUT2D eigenvalue weighted by Gasteiger charge is 2.37. The molecule has 0 aliphatic carbocycles. The maximum atomic E-state index is 13.9. The number of carbonyl (C=O) groups is 2. The minimum atomic E-state index is -0.0957. The summed E-state index contributed by atoms with van der Waals surface area (Å²) in [5.74, 6) is 0.900. The molecule has 0 aromatic heterocycles. The van der Waals surface area contributed by atoms with Crippen LogP contribution in [0.25, 0.3) is 0 Å². The average Bonchev–Trinajstić information content (AvgIpc) is 2.88. The third-order valence-corrected chi connectivity index (χ3v) is 7.87. The van der Waals surface area contributed by atoms with E-state index in [9.17, 15) is 9.59 Å². The Morgan fingerprint density at radius 2 is 1.52 bits per heavy atom. The van der Waals surface area contributed by atoms with E-state index in [1.807, 2.05) is 40.1 Å². The van der Waals surface area contributed by atoms with Gasteiger partial charge in [-0.25, -0.2) is 0 Å². The molecule has 2 aliphatic heterocycles. The molecule has 2 heterocycles. The van der Waals surface area contributed by atoms with Crippen molar-refractivity contribution in [1.29, 1.82) is 0 Å². The van der Waals surface area contributed by atoms with Crippen molar-refractivity contribution in [2.75, 3.05) is 23.7 Å². The minimum Gasteiger partial charge on any atom is -0.339 e. The van der Waals surface area contributed by atoms with Gasteiger partial charge in [-0.15, -0.1) is 11.8 Å². The monoisotopic (exact) mass is 476 g/mol. The number of nitrogens with zero attached hydrogens (tertiary/aromatic N) is 2. The Kier molecular flexibility index (Phi) is 6.43. The van der Waals surface area contributed by atoms with E-state index in [1.54, 1.807) is 36.0 Å². The maximum absolute atomic E-state index is 13.9. The molecule has 1 saturated heterocycles. The van der Waals surface area contributed by atoms with Crippen LogP contribution in [0.4, 0.5) is 5.69 Å². The predicted octanol–water partition coefficient (Wildman–Crippen LogP) is 6.07. The van der Waals surface area contributed by atoms with Crippen LogP contribution < -0.4 is 4.90 Å². The molecule has 6 heteroatoms. The number of piperidine rings is 1. The van der Waals surface area contributed by atoms with Gasteiger partial charge in [0.1, 0.15) is 0 Å². The van der Waals surface area contributed by atoms with Crippen LogP contribution in [-0.2, 0) is 4.79 Å². The van der Waals surface area contributed by atoms with Crippen LogP contribution in [0.1, 0.15) is 34.8 Å². The molecule has 1 fully saturated rings. The molecule has 3 aromatic rings. The Hall–Kier alpha value is -2.76. The lowest BCUT2D eigenvalue weighted by Crippen LogP contribution is -2.47.